The highest BCUT2D eigenvalue weighted by Gasteiger charge is 2.20. The van der Waals surface area contributed by atoms with Crippen molar-refractivity contribution in [2.24, 2.45) is 0 Å². The molecule has 0 aromatic rings. The summed E-state index contributed by atoms with van der Waals surface area (Å²) in [6, 6.07) is -0.510. The maximum Gasteiger partial charge on any atom is 0.328 e. The molecule has 0 aliphatic heterocycles. The van der Waals surface area contributed by atoms with E-state index < -0.39 is 6.04 Å². The second kappa shape index (κ2) is 22.7. The molecule has 0 aromatic carbocycles. The molecule has 0 bridgehead atoms. The molecule has 0 unspecified atom stereocenters. The zero-order valence-electron chi connectivity index (χ0n) is 19.9. The number of hydrogen-bond donors (Lipinski definition) is 1. The molecule has 1 atom stereocenters. The van der Waals surface area contributed by atoms with E-state index in [0.29, 0.717) is 13.0 Å². The first-order valence-electron chi connectivity index (χ1n) is 12.2. The predicted octanol–water partition coefficient (Wildman–Crippen LogP) is 6.82. The third kappa shape index (κ3) is 20.3. The summed E-state index contributed by atoms with van der Waals surface area (Å²) < 4.78 is 5.35. The van der Waals surface area contributed by atoms with E-state index >= 15 is 0 Å². The van der Waals surface area contributed by atoms with Crippen LogP contribution >= 0.6 is 11.8 Å². The number of unbranched alkanes of at least 4 members (excludes halogenated alkanes) is 12. The Kier molecular flexibility index (Phi) is 22.0. The number of hydrogen-bond acceptors (Lipinski definition) is 4. The van der Waals surface area contributed by atoms with Crippen molar-refractivity contribution < 1.29 is 14.3 Å². The first-order valence-corrected chi connectivity index (χ1v) is 13.6. The predicted molar refractivity (Wildman–Crippen MR) is 131 cm³/mol. The van der Waals surface area contributed by atoms with Crippen molar-refractivity contribution in [1.29, 1.82) is 0 Å². The molecule has 0 saturated heterocycles. The van der Waals surface area contributed by atoms with Crippen LogP contribution in [0.2, 0.25) is 0 Å². The fraction of sp³-hybridized carbons (Fsp3) is 0.840. The molecule has 0 heterocycles. The average molecular weight is 442 g/mol. The molecule has 0 rings (SSSR count). The summed E-state index contributed by atoms with van der Waals surface area (Å²) in [5.74, 6) is 0.344. The highest BCUT2D eigenvalue weighted by atomic mass is 32.2. The van der Waals surface area contributed by atoms with Crippen LogP contribution in [0.3, 0.4) is 0 Å². The summed E-state index contributed by atoms with van der Waals surface area (Å²) in [6.45, 7) is 4.15. The summed E-state index contributed by atoms with van der Waals surface area (Å²) in [7, 11) is 0. The molecule has 0 spiro atoms. The molecule has 4 nitrogen and oxygen atoms in total. The van der Waals surface area contributed by atoms with Gasteiger partial charge in [-0.15, -0.1) is 0 Å². The summed E-state index contributed by atoms with van der Waals surface area (Å²) in [5.41, 5.74) is 0. The Morgan fingerprint density at radius 2 is 1.40 bits per heavy atom. The third-order valence-electron chi connectivity index (χ3n) is 5.17. The molecule has 1 N–H and O–H groups in total. The van der Waals surface area contributed by atoms with Gasteiger partial charge in [-0.3, -0.25) is 4.79 Å². The van der Waals surface area contributed by atoms with Crippen LogP contribution in [0.5, 0.6) is 0 Å². The topological polar surface area (TPSA) is 55.4 Å². The largest absolute Gasteiger partial charge is 0.464 e. The van der Waals surface area contributed by atoms with E-state index in [4.69, 9.17) is 4.74 Å². The average Bonchev–Trinajstić information content (AvgIpc) is 2.72. The lowest BCUT2D eigenvalue weighted by Gasteiger charge is -2.16. The number of esters is 1. The smallest absolute Gasteiger partial charge is 0.328 e. The minimum Gasteiger partial charge on any atom is -0.464 e. The maximum atomic E-state index is 12.1. The number of thioether (sulfide) groups is 1. The van der Waals surface area contributed by atoms with Crippen LogP contribution in [0.4, 0.5) is 0 Å². The van der Waals surface area contributed by atoms with Gasteiger partial charge in [0.25, 0.3) is 0 Å². The van der Waals surface area contributed by atoms with Gasteiger partial charge in [0.2, 0.25) is 5.91 Å². The number of amides is 1. The number of nitrogens with one attached hydrogen (secondary N) is 1. The van der Waals surface area contributed by atoms with Crippen LogP contribution in [-0.2, 0) is 14.3 Å². The van der Waals surface area contributed by atoms with Gasteiger partial charge in [-0.05, 0) is 50.5 Å². The second-order valence-corrected chi connectivity index (χ2v) is 9.13. The van der Waals surface area contributed by atoms with Crippen molar-refractivity contribution in [3.8, 4) is 0 Å². The summed E-state index contributed by atoms with van der Waals surface area (Å²) in [6.07, 6.45) is 25.0. The van der Waals surface area contributed by atoms with Gasteiger partial charge in [-0.2, -0.15) is 11.8 Å². The fourth-order valence-corrected chi connectivity index (χ4v) is 3.82. The van der Waals surface area contributed by atoms with Crippen molar-refractivity contribution in [3.63, 3.8) is 0 Å². The Hall–Kier alpha value is -0.970. The first kappa shape index (κ1) is 29.0. The molecule has 0 fully saturated rings. The van der Waals surface area contributed by atoms with Crippen LogP contribution in [0, 0.1) is 0 Å². The number of allylic oxidation sites excluding steroid dienone is 2. The van der Waals surface area contributed by atoms with Crippen molar-refractivity contribution in [3.05, 3.63) is 12.2 Å². The quantitative estimate of drug-likeness (QED) is 0.121. The van der Waals surface area contributed by atoms with Gasteiger partial charge in [-0.1, -0.05) is 76.9 Å². The maximum absolute atomic E-state index is 12.1. The Morgan fingerprint density at radius 1 is 0.867 bits per heavy atom. The standard InChI is InChI=1S/C25H47NO3S/c1-4-5-6-7-8-9-10-11-12-13-14-15-16-17-18-19-21-29-25(28)24(20-22-30-3)26-23(2)27/h11-12,24H,4-10,13-22H2,1-3H3,(H,26,27)/b12-11-/t24-/m1/s1. The summed E-state index contributed by atoms with van der Waals surface area (Å²) in [4.78, 5) is 23.3. The van der Waals surface area contributed by atoms with E-state index in [1.54, 1.807) is 11.8 Å². The van der Waals surface area contributed by atoms with Crippen molar-refractivity contribution in [2.75, 3.05) is 18.6 Å². The molecule has 176 valence electrons. The van der Waals surface area contributed by atoms with Crippen LogP contribution in [0.15, 0.2) is 12.2 Å². The SMILES string of the molecule is CCCCCCCC/C=C\CCCCCCCCOC(=O)[C@@H](CCSC)NC(C)=O. The molecular formula is C25H47NO3S. The van der Waals surface area contributed by atoms with E-state index in [1.807, 2.05) is 6.26 Å². The van der Waals surface area contributed by atoms with E-state index in [1.165, 1.54) is 84.0 Å². The fourth-order valence-electron chi connectivity index (χ4n) is 3.35. The van der Waals surface area contributed by atoms with Gasteiger partial charge in [0.1, 0.15) is 6.04 Å². The molecule has 0 aromatic heterocycles. The van der Waals surface area contributed by atoms with Crippen molar-refractivity contribution in [1.82, 2.24) is 5.32 Å². The van der Waals surface area contributed by atoms with Gasteiger partial charge in [0.15, 0.2) is 0 Å². The molecule has 0 aliphatic rings. The van der Waals surface area contributed by atoms with E-state index in [-0.39, 0.29) is 11.9 Å². The molecule has 0 aliphatic carbocycles. The van der Waals surface area contributed by atoms with Crippen LogP contribution in [0.25, 0.3) is 0 Å². The lowest BCUT2D eigenvalue weighted by atomic mass is 10.1. The minimum absolute atomic E-state index is 0.185. The zero-order chi connectivity index (χ0) is 22.3. The monoisotopic (exact) mass is 441 g/mol. The lowest BCUT2D eigenvalue weighted by Crippen LogP contribution is -2.41. The molecule has 1 amide bonds. The number of carbonyl (C=O) groups excluding carboxylic acids is 2. The zero-order valence-corrected chi connectivity index (χ0v) is 20.7. The van der Waals surface area contributed by atoms with Gasteiger partial charge >= 0.3 is 5.97 Å². The van der Waals surface area contributed by atoms with Gasteiger partial charge in [0, 0.05) is 6.92 Å². The molecule has 0 saturated carbocycles. The highest BCUT2D eigenvalue weighted by Crippen LogP contribution is 2.10. The Morgan fingerprint density at radius 3 is 1.93 bits per heavy atom. The van der Waals surface area contributed by atoms with E-state index in [9.17, 15) is 9.59 Å². The normalized spacial score (nSPS) is 12.2. The van der Waals surface area contributed by atoms with Gasteiger partial charge in [-0.25, -0.2) is 4.79 Å². The molecule has 0 radical (unpaired) electrons. The second-order valence-electron chi connectivity index (χ2n) is 8.14. The molecular weight excluding hydrogens is 394 g/mol. The summed E-state index contributed by atoms with van der Waals surface area (Å²) in [5, 5.41) is 2.69. The third-order valence-corrected chi connectivity index (χ3v) is 5.82. The Balaban J connectivity index is 3.49. The minimum atomic E-state index is -0.510. The van der Waals surface area contributed by atoms with Crippen LogP contribution in [0.1, 0.15) is 110 Å². The van der Waals surface area contributed by atoms with E-state index in [0.717, 1.165) is 18.6 Å². The van der Waals surface area contributed by atoms with Crippen molar-refractivity contribution >= 4 is 23.6 Å². The highest BCUT2D eigenvalue weighted by molar-refractivity contribution is 7.98. The van der Waals surface area contributed by atoms with Crippen LogP contribution in [-0.4, -0.2) is 36.5 Å². The van der Waals surface area contributed by atoms with Crippen LogP contribution < -0.4 is 5.32 Å². The van der Waals surface area contributed by atoms with Gasteiger partial charge in [0.05, 0.1) is 6.61 Å². The number of ether oxygens (including phenoxy) is 1. The Bertz CT molecular complexity index is 440. The molecule has 5 heteroatoms. The van der Waals surface area contributed by atoms with Crippen molar-refractivity contribution in [2.45, 2.75) is 116 Å². The number of carbonyl (C=O) groups is 2. The lowest BCUT2D eigenvalue weighted by molar-refractivity contribution is -0.147. The van der Waals surface area contributed by atoms with E-state index in [2.05, 4.69) is 24.4 Å². The number of rotatable bonds is 21. The Labute approximate surface area is 190 Å². The summed E-state index contributed by atoms with van der Waals surface area (Å²) >= 11 is 1.66. The first-order chi connectivity index (χ1) is 14.6. The molecule has 30 heavy (non-hydrogen) atoms. The van der Waals surface area contributed by atoms with Gasteiger partial charge < -0.3 is 10.1 Å².